The number of halogens is 2. The molecule has 1 aliphatic heterocycles. The molecule has 0 bridgehead atoms. The van der Waals surface area contributed by atoms with Crippen LogP contribution in [0.15, 0.2) is 66.7 Å². The molecule has 0 atom stereocenters. The Kier molecular flexibility index (Phi) is 5.82. The fourth-order valence-corrected chi connectivity index (χ4v) is 5.90. The first-order valence-electron chi connectivity index (χ1n) is 13.0. The van der Waals surface area contributed by atoms with Gasteiger partial charge in [-0.1, -0.05) is 30.3 Å². The van der Waals surface area contributed by atoms with Gasteiger partial charge in [-0.3, -0.25) is 9.20 Å². The Bertz CT molecular complexity index is 1630. The lowest BCUT2D eigenvalue weighted by atomic mass is 9.95. The predicted octanol–water partition coefficient (Wildman–Crippen LogP) is 7.25. The van der Waals surface area contributed by atoms with Gasteiger partial charge in [0.1, 0.15) is 16.9 Å². The second-order valence-electron chi connectivity index (χ2n) is 9.61. The molecule has 0 amide bonds. The van der Waals surface area contributed by atoms with Gasteiger partial charge in [0.2, 0.25) is 5.78 Å². The summed E-state index contributed by atoms with van der Waals surface area (Å²) in [5, 5.41) is 0. The van der Waals surface area contributed by atoms with Crippen molar-refractivity contribution in [3.05, 3.63) is 95.2 Å². The number of rotatable bonds is 6. The van der Waals surface area contributed by atoms with Crippen LogP contribution in [0.5, 0.6) is 0 Å². The standard InChI is InChI=1S/C31H29F2N3O/c1-3-34(4-2)22-15-13-21(14-16-22)30(37)29-26(20-10-6-5-7-11-20)23-12-8-9-19-35-28-25(36(29)31(23)35)18-17-24(32)27(28)33/h5-7,10-11,13-18H,3-4,8-9,12,19H2,1-2H3. The maximum absolute atomic E-state index is 15.2. The predicted molar refractivity (Wildman–Crippen MR) is 145 cm³/mol. The third kappa shape index (κ3) is 3.57. The van der Waals surface area contributed by atoms with Crippen molar-refractivity contribution in [3.8, 4) is 11.1 Å². The van der Waals surface area contributed by atoms with Crippen LogP contribution in [0.2, 0.25) is 0 Å². The van der Waals surface area contributed by atoms with Crippen molar-refractivity contribution in [2.24, 2.45) is 0 Å². The first-order chi connectivity index (χ1) is 18.0. The molecule has 188 valence electrons. The molecule has 6 rings (SSSR count). The fourth-order valence-electron chi connectivity index (χ4n) is 5.90. The SMILES string of the molecule is CCN(CC)c1ccc(C(=O)c2c(-c3ccccc3)c3c4n(c5c(F)c(F)ccc5n24)CCCC3)cc1. The molecule has 0 fully saturated rings. The highest BCUT2D eigenvalue weighted by molar-refractivity contribution is 6.15. The monoisotopic (exact) mass is 497 g/mol. The largest absolute Gasteiger partial charge is 0.372 e. The fraction of sp³-hybridized carbons (Fsp3) is 0.258. The Balaban J connectivity index is 1.67. The van der Waals surface area contributed by atoms with Crippen LogP contribution in [0, 0.1) is 11.6 Å². The second-order valence-corrected chi connectivity index (χ2v) is 9.61. The molecule has 5 aromatic rings. The van der Waals surface area contributed by atoms with Crippen LogP contribution in [-0.2, 0) is 13.0 Å². The molecule has 0 aliphatic carbocycles. The van der Waals surface area contributed by atoms with E-state index in [0.29, 0.717) is 23.3 Å². The van der Waals surface area contributed by atoms with E-state index in [4.69, 9.17) is 0 Å². The van der Waals surface area contributed by atoms with E-state index >= 15 is 4.39 Å². The molecule has 1 aliphatic rings. The van der Waals surface area contributed by atoms with Crippen molar-refractivity contribution in [1.29, 1.82) is 0 Å². The lowest BCUT2D eigenvalue weighted by Gasteiger charge is -2.21. The third-order valence-corrected chi connectivity index (χ3v) is 7.65. The van der Waals surface area contributed by atoms with E-state index in [2.05, 4.69) is 18.7 Å². The van der Waals surface area contributed by atoms with Crippen LogP contribution in [-0.4, -0.2) is 27.8 Å². The van der Waals surface area contributed by atoms with Gasteiger partial charge in [-0.15, -0.1) is 0 Å². The topological polar surface area (TPSA) is 29.7 Å². The zero-order chi connectivity index (χ0) is 25.7. The summed E-state index contributed by atoms with van der Waals surface area (Å²) < 4.78 is 33.4. The van der Waals surface area contributed by atoms with E-state index in [9.17, 15) is 9.18 Å². The number of benzene rings is 3. The molecule has 0 saturated heterocycles. The Morgan fingerprint density at radius 3 is 2.35 bits per heavy atom. The molecule has 2 aromatic heterocycles. The van der Waals surface area contributed by atoms with E-state index in [1.54, 1.807) is 6.07 Å². The second kappa shape index (κ2) is 9.18. The van der Waals surface area contributed by atoms with E-state index < -0.39 is 11.6 Å². The van der Waals surface area contributed by atoms with Gasteiger partial charge in [0.15, 0.2) is 11.6 Å². The first kappa shape index (κ1) is 23.5. The lowest BCUT2D eigenvalue weighted by molar-refractivity contribution is 0.103. The number of nitrogens with zero attached hydrogens (tertiary/aromatic N) is 3. The van der Waals surface area contributed by atoms with Crippen LogP contribution in [0.3, 0.4) is 0 Å². The van der Waals surface area contributed by atoms with Crippen LogP contribution < -0.4 is 4.90 Å². The van der Waals surface area contributed by atoms with Gasteiger partial charge in [-0.05, 0) is 75.1 Å². The van der Waals surface area contributed by atoms with Gasteiger partial charge in [-0.2, -0.15) is 0 Å². The summed E-state index contributed by atoms with van der Waals surface area (Å²) in [6.07, 6.45) is 2.53. The summed E-state index contributed by atoms with van der Waals surface area (Å²) in [6, 6.07) is 20.4. The Hall–Kier alpha value is -3.93. The lowest BCUT2D eigenvalue weighted by Crippen LogP contribution is -2.21. The molecule has 4 nitrogen and oxygen atoms in total. The van der Waals surface area contributed by atoms with Crippen LogP contribution in [0.25, 0.3) is 27.8 Å². The van der Waals surface area contributed by atoms with E-state index in [-0.39, 0.29) is 11.3 Å². The number of hydrogen-bond donors (Lipinski definition) is 0. The summed E-state index contributed by atoms with van der Waals surface area (Å²) in [4.78, 5) is 16.5. The minimum Gasteiger partial charge on any atom is -0.372 e. The third-order valence-electron chi connectivity index (χ3n) is 7.65. The number of aryl methyl sites for hydroxylation is 2. The number of carbonyl (C=O) groups is 1. The molecular weight excluding hydrogens is 468 g/mol. The van der Waals surface area contributed by atoms with Gasteiger partial charge >= 0.3 is 0 Å². The molecule has 0 saturated carbocycles. The smallest absolute Gasteiger partial charge is 0.210 e. The molecule has 6 heteroatoms. The number of carbonyl (C=O) groups excluding carboxylic acids is 1. The van der Waals surface area contributed by atoms with Gasteiger partial charge < -0.3 is 9.47 Å². The molecule has 0 N–H and O–H groups in total. The number of hydrogen-bond acceptors (Lipinski definition) is 2. The van der Waals surface area contributed by atoms with Crippen molar-refractivity contribution in [3.63, 3.8) is 0 Å². The maximum Gasteiger partial charge on any atom is 0.210 e. The summed E-state index contributed by atoms with van der Waals surface area (Å²) in [7, 11) is 0. The van der Waals surface area contributed by atoms with E-state index in [0.717, 1.165) is 66.4 Å². The first-order valence-corrected chi connectivity index (χ1v) is 13.0. The normalized spacial score (nSPS) is 13.3. The van der Waals surface area contributed by atoms with Crippen LogP contribution >= 0.6 is 0 Å². The van der Waals surface area contributed by atoms with E-state index in [1.165, 1.54) is 0 Å². The number of fused-ring (bicyclic) bond motifs is 3. The van der Waals surface area contributed by atoms with Crippen molar-refractivity contribution in [2.75, 3.05) is 18.0 Å². The zero-order valence-corrected chi connectivity index (χ0v) is 21.1. The highest BCUT2D eigenvalue weighted by atomic mass is 19.2. The average Bonchev–Trinajstić information content (AvgIpc) is 3.33. The summed E-state index contributed by atoms with van der Waals surface area (Å²) >= 11 is 0. The summed E-state index contributed by atoms with van der Waals surface area (Å²) in [6.45, 7) is 6.55. The van der Waals surface area contributed by atoms with Crippen LogP contribution in [0.1, 0.15) is 48.3 Å². The zero-order valence-electron chi connectivity index (χ0n) is 21.1. The quantitative estimate of drug-likeness (QED) is 0.231. The Labute approximate surface area is 214 Å². The summed E-state index contributed by atoms with van der Waals surface area (Å²) in [5.41, 5.74) is 6.52. The molecule has 3 aromatic carbocycles. The Morgan fingerprint density at radius 1 is 0.919 bits per heavy atom. The number of imidazole rings is 1. The molecule has 37 heavy (non-hydrogen) atoms. The van der Waals surface area contributed by atoms with Gasteiger partial charge in [0.25, 0.3) is 0 Å². The molecule has 0 spiro atoms. The Morgan fingerprint density at radius 2 is 1.65 bits per heavy atom. The van der Waals surface area contributed by atoms with Gasteiger partial charge in [0, 0.05) is 42.0 Å². The highest BCUT2D eigenvalue weighted by Crippen LogP contribution is 2.41. The van der Waals surface area contributed by atoms with Gasteiger partial charge in [0.05, 0.1) is 5.52 Å². The average molecular weight is 498 g/mol. The number of aromatic nitrogens is 2. The van der Waals surface area contributed by atoms with Crippen LogP contribution in [0.4, 0.5) is 14.5 Å². The minimum atomic E-state index is -0.876. The maximum atomic E-state index is 15.2. The van der Waals surface area contributed by atoms with Gasteiger partial charge in [-0.25, -0.2) is 8.78 Å². The number of ketones is 1. The van der Waals surface area contributed by atoms with Crippen molar-refractivity contribution >= 4 is 28.2 Å². The molecule has 3 heterocycles. The number of anilines is 1. The van der Waals surface area contributed by atoms with E-state index in [1.807, 2.05) is 63.6 Å². The summed E-state index contributed by atoms with van der Waals surface area (Å²) in [5.74, 6) is -1.87. The molecule has 0 radical (unpaired) electrons. The van der Waals surface area contributed by atoms with Crippen molar-refractivity contribution in [1.82, 2.24) is 8.97 Å². The molecular formula is C31H29F2N3O. The molecule has 0 unspecified atom stereocenters. The highest BCUT2D eigenvalue weighted by Gasteiger charge is 2.31. The minimum absolute atomic E-state index is 0.129. The van der Waals surface area contributed by atoms with Crippen molar-refractivity contribution in [2.45, 2.75) is 39.7 Å². The van der Waals surface area contributed by atoms with Crippen molar-refractivity contribution < 1.29 is 13.6 Å².